The molecule has 0 aromatic heterocycles. The Morgan fingerprint density at radius 2 is 1.96 bits per heavy atom. The van der Waals surface area contributed by atoms with Gasteiger partial charge in [0.2, 0.25) is 0 Å². The minimum Gasteiger partial charge on any atom is -0.482 e. The van der Waals surface area contributed by atoms with E-state index >= 15 is 0 Å². The van der Waals surface area contributed by atoms with E-state index in [1.807, 2.05) is 24.3 Å². The molecule has 148 valence electrons. The van der Waals surface area contributed by atoms with Gasteiger partial charge in [0.1, 0.15) is 5.75 Å². The lowest BCUT2D eigenvalue weighted by molar-refractivity contribution is -0.145. The first-order valence-electron chi connectivity index (χ1n) is 9.50. The second kappa shape index (κ2) is 9.37. The fourth-order valence-electron chi connectivity index (χ4n) is 3.36. The second-order valence-electron chi connectivity index (χ2n) is 6.79. The van der Waals surface area contributed by atoms with Gasteiger partial charge in [-0.2, -0.15) is 0 Å². The molecule has 6 heteroatoms. The van der Waals surface area contributed by atoms with Gasteiger partial charge < -0.3 is 19.9 Å². The van der Waals surface area contributed by atoms with E-state index in [9.17, 15) is 14.7 Å². The van der Waals surface area contributed by atoms with Gasteiger partial charge in [0.05, 0.1) is 6.61 Å². The average Bonchev–Trinajstić information content (AvgIpc) is 2.72. The van der Waals surface area contributed by atoms with Gasteiger partial charge in [0, 0.05) is 6.04 Å². The van der Waals surface area contributed by atoms with E-state index in [4.69, 9.17) is 9.47 Å². The first-order valence-corrected chi connectivity index (χ1v) is 9.50. The molecule has 0 heterocycles. The number of aliphatic hydroxyl groups is 1. The van der Waals surface area contributed by atoms with Crippen molar-refractivity contribution in [1.29, 1.82) is 0 Å². The van der Waals surface area contributed by atoms with Crippen LogP contribution >= 0.6 is 0 Å². The van der Waals surface area contributed by atoms with Crippen LogP contribution < -0.4 is 10.1 Å². The summed E-state index contributed by atoms with van der Waals surface area (Å²) < 4.78 is 10.4. The number of aliphatic hydroxyl groups excluding tert-OH is 1. The highest BCUT2D eigenvalue weighted by atomic mass is 16.6. The maximum absolute atomic E-state index is 12.4. The summed E-state index contributed by atoms with van der Waals surface area (Å²) in [6.07, 6.45) is 1.12. The largest absolute Gasteiger partial charge is 0.482 e. The van der Waals surface area contributed by atoms with E-state index in [0.29, 0.717) is 24.3 Å². The van der Waals surface area contributed by atoms with Crippen LogP contribution in [0.3, 0.4) is 0 Å². The summed E-state index contributed by atoms with van der Waals surface area (Å²) in [4.78, 5) is 23.8. The predicted molar refractivity (Wildman–Crippen MR) is 104 cm³/mol. The van der Waals surface area contributed by atoms with Gasteiger partial charge in [0.15, 0.2) is 12.7 Å². The zero-order valence-electron chi connectivity index (χ0n) is 15.9. The Morgan fingerprint density at radius 1 is 1.18 bits per heavy atom. The molecule has 1 aliphatic carbocycles. The van der Waals surface area contributed by atoms with Crippen molar-refractivity contribution in [2.24, 2.45) is 0 Å². The Balaban J connectivity index is 1.59. The molecule has 0 fully saturated rings. The fraction of sp³-hybridized carbons (Fsp3) is 0.364. The van der Waals surface area contributed by atoms with E-state index in [1.54, 1.807) is 31.2 Å². The molecule has 28 heavy (non-hydrogen) atoms. The molecule has 2 aromatic rings. The Kier molecular flexibility index (Phi) is 6.66. The highest BCUT2D eigenvalue weighted by Gasteiger charge is 2.24. The summed E-state index contributed by atoms with van der Waals surface area (Å²) in [7, 11) is 0. The highest BCUT2D eigenvalue weighted by Crippen LogP contribution is 2.26. The number of carbonyl (C=O) groups is 2. The van der Waals surface area contributed by atoms with Crippen molar-refractivity contribution in [2.75, 3.05) is 13.2 Å². The molecule has 0 saturated carbocycles. The summed E-state index contributed by atoms with van der Waals surface area (Å²) in [5, 5.41) is 13.2. The van der Waals surface area contributed by atoms with Crippen LogP contribution in [0.4, 0.5) is 0 Å². The number of nitrogens with one attached hydrogen (secondary N) is 1. The second-order valence-corrected chi connectivity index (χ2v) is 6.79. The van der Waals surface area contributed by atoms with Crippen molar-refractivity contribution < 1.29 is 24.2 Å². The Hall–Kier alpha value is -2.86. The number of esters is 1. The van der Waals surface area contributed by atoms with Crippen molar-refractivity contribution in [1.82, 2.24) is 5.32 Å². The lowest BCUT2D eigenvalue weighted by Crippen LogP contribution is -2.41. The summed E-state index contributed by atoms with van der Waals surface area (Å²) in [6.45, 7) is 1.94. The first-order chi connectivity index (χ1) is 13.6. The highest BCUT2D eigenvalue weighted by molar-refractivity contribution is 5.82. The van der Waals surface area contributed by atoms with Crippen molar-refractivity contribution in [3.05, 3.63) is 65.2 Å². The first kappa shape index (κ1) is 19.9. The zero-order chi connectivity index (χ0) is 19.9. The van der Waals surface area contributed by atoms with E-state index in [1.165, 1.54) is 5.56 Å². The Bertz CT molecular complexity index is 821. The van der Waals surface area contributed by atoms with Crippen LogP contribution in [0.15, 0.2) is 48.5 Å². The van der Waals surface area contributed by atoms with Crippen molar-refractivity contribution in [3.63, 3.8) is 0 Å². The van der Waals surface area contributed by atoms with Crippen LogP contribution in [-0.4, -0.2) is 36.2 Å². The molecule has 0 saturated heterocycles. The standard InChI is InChI=1S/C22H25NO5/c1-2-27-20(24)14-28-19-11-9-15-8-10-18(12-17(15)13-19)23-22(26)21(25)16-6-4-3-5-7-16/h3-7,9,11,13,18,21,25H,2,8,10,12,14H2,1H3,(H,23,26)/t18-,21+/m0/s1. The number of aryl methyl sites for hydroxylation is 1. The number of benzene rings is 2. The lowest BCUT2D eigenvalue weighted by Gasteiger charge is -2.27. The number of amides is 1. The third-order valence-electron chi connectivity index (χ3n) is 4.78. The predicted octanol–water partition coefficient (Wildman–Crippen LogP) is 2.34. The SMILES string of the molecule is CCOC(=O)COc1ccc2c(c1)C[C@@H](NC(=O)[C@H](O)c1ccccc1)CC2. The third kappa shape index (κ3) is 5.10. The molecule has 0 bridgehead atoms. The van der Waals surface area contributed by atoms with Gasteiger partial charge in [-0.15, -0.1) is 0 Å². The molecular weight excluding hydrogens is 358 g/mol. The summed E-state index contributed by atoms with van der Waals surface area (Å²) in [5.74, 6) is -0.197. The van der Waals surface area contributed by atoms with Gasteiger partial charge in [0.25, 0.3) is 5.91 Å². The molecule has 0 unspecified atom stereocenters. The maximum atomic E-state index is 12.4. The minimum atomic E-state index is -1.18. The topological polar surface area (TPSA) is 84.9 Å². The van der Waals surface area contributed by atoms with Gasteiger partial charge in [-0.05, 0) is 55.0 Å². The number of hydrogen-bond acceptors (Lipinski definition) is 5. The molecule has 1 amide bonds. The molecule has 0 radical (unpaired) electrons. The molecular formula is C22H25NO5. The van der Waals surface area contributed by atoms with Crippen LogP contribution in [0.5, 0.6) is 5.75 Å². The minimum absolute atomic E-state index is 0.0568. The zero-order valence-corrected chi connectivity index (χ0v) is 15.9. The van der Waals surface area contributed by atoms with Crippen LogP contribution in [-0.2, 0) is 27.2 Å². The van der Waals surface area contributed by atoms with E-state index in [2.05, 4.69) is 5.32 Å². The van der Waals surface area contributed by atoms with Gasteiger partial charge in [-0.3, -0.25) is 4.79 Å². The Labute approximate surface area is 164 Å². The van der Waals surface area contributed by atoms with Gasteiger partial charge >= 0.3 is 5.97 Å². The monoisotopic (exact) mass is 383 g/mol. The number of carbonyl (C=O) groups excluding carboxylic acids is 2. The average molecular weight is 383 g/mol. The van der Waals surface area contributed by atoms with Crippen LogP contribution in [0.2, 0.25) is 0 Å². The normalized spacial score (nSPS) is 16.6. The van der Waals surface area contributed by atoms with Crippen LogP contribution in [0, 0.1) is 0 Å². The molecule has 2 aromatic carbocycles. The summed E-state index contributed by atoms with van der Waals surface area (Å²) in [6, 6.07) is 14.6. The quantitative estimate of drug-likeness (QED) is 0.717. The smallest absolute Gasteiger partial charge is 0.344 e. The molecule has 0 aliphatic heterocycles. The molecule has 0 spiro atoms. The molecule has 3 rings (SSSR count). The number of ether oxygens (including phenoxy) is 2. The summed E-state index contributed by atoms with van der Waals surface area (Å²) in [5.41, 5.74) is 2.86. The van der Waals surface area contributed by atoms with E-state index in [-0.39, 0.29) is 12.6 Å². The van der Waals surface area contributed by atoms with Crippen molar-refractivity contribution in [2.45, 2.75) is 38.3 Å². The van der Waals surface area contributed by atoms with Crippen LogP contribution in [0.25, 0.3) is 0 Å². The molecule has 1 aliphatic rings. The number of fused-ring (bicyclic) bond motifs is 1. The van der Waals surface area contributed by atoms with Gasteiger partial charge in [-0.1, -0.05) is 36.4 Å². The van der Waals surface area contributed by atoms with E-state index in [0.717, 1.165) is 18.4 Å². The molecule has 6 nitrogen and oxygen atoms in total. The van der Waals surface area contributed by atoms with Crippen molar-refractivity contribution in [3.8, 4) is 5.75 Å². The Morgan fingerprint density at radius 3 is 2.71 bits per heavy atom. The lowest BCUT2D eigenvalue weighted by atomic mass is 9.88. The van der Waals surface area contributed by atoms with Crippen molar-refractivity contribution >= 4 is 11.9 Å². The van der Waals surface area contributed by atoms with Gasteiger partial charge in [-0.25, -0.2) is 4.79 Å². The number of rotatable bonds is 7. The fourth-order valence-corrected chi connectivity index (χ4v) is 3.36. The number of hydrogen-bond donors (Lipinski definition) is 2. The maximum Gasteiger partial charge on any atom is 0.344 e. The van der Waals surface area contributed by atoms with E-state index < -0.39 is 18.0 Å². The summed E-state index contributed by atoms with van der Waals surface area (Å²) >= 11 is 0. The third-order valence-corrected chi connectivity index (χ3v) is 4.78. The molecule has 2 N–H and O–H groups in total. The van der Waals surface area contributed by atoms with Crippen LogP contribution in [0.1, 0.15) is 36.1 Å². The molecule has 2 atom stereocenters.